The summed E-state index contributed by atoms with van der Waals surface area (Å²) in [4.78, 5) is 15.0. The van der Waals surface area contributed by atoms with E-state index in [1.165, 1.54) is 0 Å². The van der Waals surface area contributed by atoms with Crippen molar-refractivity contribution in [1.29, 1.82) is 0 Å². The predicted molar refractivity (Wildman–Crippen MR) is 68.2 cm³/mol. The number of hydrogen-bond donors (Lipinski definition) is 2. The molecule has 4 heteroatoms. The van der Waals surface area contributed by atoms with Crippen LogP contribution < -0.4 is 5.32 Å². The molecule has 2 heterocycles. The van der Waals surface area contributed by atoms with Crippen molar-refractivity contribution < 1.29 is 4.79 Å². The van der Waals surface area contributed by atoms with Gasteiger partial charge in [0, 0.05) is 23.1 Å². The van der Waals surface area contributed by atoms with Crippen molar-refractivity contribution in [1.82, 2.24) is 4.98 Å². The number of para-hydroxylation sites is 1. The van der Waals surface area contributed by atoms with Gasteiger partial charge in [0.1, 0.15) is 0 Å². The average molecular weight is 245 g/mol. The van der Waals surface area contributed by atoms with Crippen LogP contribution in [0.3, 0.4) is 0 Å². The van der Waals surface area contributed by atoms with Gasteiger partial charge in [0.2, 0.25) is 5.78 Å². The van der Waals surface area contributed by atoms with Crippen LogP contribution in [0.2, 0.25) is 5.02 Å². The van der Waals surface area contributed by atoms with E-state index in [1.54, 1.807) is 18.3 Å². The highest BCUT2D eigenvalue weighted by molar-refractivity contribution is 6.30. The number of nitrogens with one attached hydrogen (secondary N) is 2. The molecule has 0 radical (unpaired) electrons. The first-order valence-electron chi connectivity index (χ1n) is 5.20. The smallest absolute Gasteiger partial charge is 0.211 e. The quantitative estimate of drug-likeness (QED) is 0.756. The highest BCUT2D eigenvalue weighted by atomic mass is 35.5. The highest BCUT2D eigenvalue weighted by Crippen LogP contribution is 2.28. The monoisotopic (exact) mass is 244 g/mol. The van der Waals surface area contributed by atoms with E-state index in [1.807, 2.05) is 24.3 Å². The molecule has 0 spiro atoms. The van der Waals surface area contributed by atoms with Crippen molar-refractivity contribution >= 4 is 29.1 Å². The van der Waals surface area contributed by atoms with E-state index >= 15 is 0 Å². The summed E-state index contributed by atoms with van der Waals surface area (Å²) in [6, 6.07) is 9.22. The minimum Gasteiger partial charge on any atom is -0.360 e. The zero-order valence-electron chi connectivity index (χ0n) is 8.83. The van der Waals surface area contributed by atoms with E-state index in [9.17, 15) is 4.79 Å². The van der Waals surface area contributed by atoms with Gasteiger partial charge in [-0.3, -0.25) is 4.79 Å². The fourth-order valence-electron chi connectivity index (χ4n) is 1.86. The molecule has 17 heavy (non-hydrogen) atoms. The molecular weight excluding hydrogens is 236 g/mol. The van der Waals surface area contributed by atoms with E-state index in [-0.39, 0.29) is 5.78 Å². The normalized spacial score (nSPS) is 16.1. The summed E-state index contributed by atoms with van der Waals surface area (Å²) in [7, 11) is 0. The predicted octanol–water partition coefficient (Wildman–Crippen LogP) is 3.32. The van der Waals surface area contributed by atoms with E-state index < -0.39 is 0 Å². The number of fused-ring (bicyclic) bond motifs is 1. The third kappa shape index (κ3) is 1.74. The lowest BCUT2D eigenvalue weighted by molar-refractivity contribution is 0.104. The van der Waals surface area contributed by atoms with Gasteiger partial charge >= 0.3 is 0 Å². The Bertz CT molecular complexity index is 628. The van der Waals surface area contributed by atoms with Crippen molar-refractivity contribution in [3.05, 3.63) is 58.5 Å². The molecular formula is C13H9ClN2O. The maximum Gasteiger partial charge on any atom is 0.211 e. The fraction of sp³-hybridized carbons (Fsp3) is 0. The largest absolute Gasteiger partial charge is 0.360 e. The van der Waals surface area contributed by atoms with E-state index in [2.05, 4.69) is 10.3 Å². The molecule has 0 atom stereocenters. The van der Waals surface area contributed by atoms with Gasteiger partial charge in [-0.2, -0.15) is 0 Å². The molecule has 1 aliphatic heterocycles. The summed E-state index contributed by atoms with van der Waals surface area (Å²) in [6.07, 6.45) is 3.44. The van der Waals surface area contributed by atoms with Crippen LogP contribution in [-0.4, -0.2) is 10.8 Å². The Labute approximate surface area is 103 Å². The number of hydrogen-bond acceptors (Lipinski definition) is 2. The zero-order chi connectivity index (χ0) is 11.8. The van der Waals surface area contributed by atoms with Crippen LogP contribution >= 0.6 is 11.6 Å². The maximum atomic E-state index is 12.0. The Balaban J connectivity index is 1.99. The van der Waals surface area contributed by atoms with Crippen molar-refractivity contribution in [2.24, 2.45) is 0 Å². The number of ketones is 1. The van der Waals surface area contributed by atoms with Crippen LogP contribution in [0.15, 0.2) is 42.2 Å². The SMILES string of the molecule is O=C1/C(=C\c2cc(Cl)c[nH]2)Nc2ccccc21. The van der Waals surface area contributed by atoms with E-state index in [4.69, 9.17) is 11.6 Å². The number of anilines is 1. The Kier molecular flexibility index (Phi) is 2.27. The van der Waals surface area contributed by atoms with Gasteiger partial charge in [-0.15, -0.1) is 0 Å². The molecule has 3 nitrogen and oxygen atoms in total. The second kappa shape index (κ2) is 3.79. The van der Waals surface area contributed by atoms with Crippen molar-refractivity contribution in [3.8, 4) is 0 Å². The Morgan fingerprint density at radius 1 is 1.24 bits per heavy atom. The number of H-pyrrole nitrogens is 1. The van der Waals surface area contributed by atoms with Crippen LogP contribution in [0.4, 0.5) is 5.69 Å². The van der Waals surface area contributed by atoms with Gasteiger partial charge in [0.25, 0.3) is 0 Å². The molecule has 84 valence electrons. The second-order valence-electron chi connectivity index (χ2n) is 3.83. The molecule has 1 aliphatic rings. The van der Waals surface area contributed by atoms with Gasteiger partial charge in [-0.05, 0) is 24.3 Å². The van der Waals surface area contributed by atoms with E-state index in [0.29, 0.717) is 16.3 Å². The fourth-order valence-corrected chi connectivity index (χ4v) is 2.03. The Morgan fingerprint density at radius 2 is 2.06 bits per heavy atom. The summed E-state index contributed by atoms with van der Waals surface area (Å²) in [5.74, 6) is 0.00585. The molecule has 0 bridgehead atoms. The summed E-state index contributed by atoms with van der Waals surface area (Å²) in [6.45, 7) is 0. The highest BCUT2D eigenvalue weighted by Gasteiger charge is 2.23. The summed E-state index contributed by atoms with van der Waals surface area (Å²) >= 11 is 5.81. The number of aromatic amines is 1. The van der Waals surface area contributed by atoms with Crippen LogP contribution in [0.1, 0.15) is 16.1 Å². The number of carbonyl (C=O) groups is 1. The number of Topliss-reactive ketones (excluding diaryl/α,β-unsaturated/α-hetero) is 1. The maximum absolute atomic E-state index is 12.0. The van der Waals surface area contributed by atoms with E-state index in [0.717, 1.165) is 11.4 Å². The number of allylic oxidation sites excluding steroid dienone is 1. The molecule has 0 amide bonds. The first kappa shape index (κ1) is 10.2. The molecule has 0 aliphatic carbocycles. The molecule has 2 aromatic rings. The zero-order valence-corrected chi connectivity index (χ0v) is 9.58. The number of halogens is 1. The van der Waals surface area contributed by atoms with Crippen LogP contribution in [-0.2, 0) is 0 Å². The third-order valence-electron chi connectivity index (χ3n) is 2.66. The first-order valence-corrected chi connectivity index (χ1v) is 5.58. The lowest BCUT2D eigenvalue weighted by atomic mass is 10.1. The minimum atomic E-state index is 0.00585. The van der Waals surface area contributed by atoms with Gasteiger partial charge < -0.3 is 10.3 Å². The van der Waals surface area contributed by atoms with Gasteiger partial charge in [-0.25, -0.2) is 0 Å². The van der Waals surface area contributed by atoms with Crippen molar-refractivity contribution in [2.45, 2.75) is 0 Å². The van der Waals surface area contributed by atoms with Crippen LogP contribution in [0.5, 0.6) is 0 Å². The Hall–Kier alpha value is -2.00. The minimum absolute atomic E-state index is 0.00585. The Morgan fingerprint density at radius 3 is 2.76 bits per heavy atom. The van der Waals surface area contributed by atoms with Crippen molar-refractivity contribution in [2.75, 3.05) is 5.32 Å². The number of aromatic nitrogens is 1. The topological polar surface area (TPSA) is 44.9 Å². The molecule has 0 saturated carbocycles. The molecule has 1 aromatic carbocycles. The number of benzene rings is 1. The summed E-state index contributed by atoms with van der Waals surface area (Å²) in [5.41, 5.74) is 2.92. The average Bonchev–Trinajstić information content (AvgIpc) is 2.86. The summed E-state index contributed by atoms with van der Waals surface area (Å²) < 4.78 is 0. The van der Waals surface area contributed by atoms with Gasteiger partial charge in [0.15, 0.2) is 0 Å². The second-order valence-corrected chi connectivity index (χ2v) is 4.27. The molecule has 0 fully saturated rings. The van der Waals surface area contributed by atoms with Gasteiger partial charge in [0.05, 0.1) is 10.7 Å². The third-order valence-corrected chi connectivity index (χ3v) is 2.87. The number of carbonyl (C=O) groups excluding carboxylic acids is 1. The number of rotatable bonds is 1. The molecule has 2 N–H and O–H groups in total. The molecule has 0 saturated heterocycles. The van der Waals surface area contributed by atoms with Crippen molar-refractivity contribution in [3.63, 3.8) is 0 Å². The first-order chi connectivity index (χ1) is 8.24. The van der Waals surface area contributed by atoms with Crippen LogP contribution in [0.25, 0.3) is 6.08 Å². The standard InChI is InChI=1S/C13H9ClN2O/c14-8-5-9(15-7-8)6-12-13(17)10-3-1-2-4-11(10)16-12/h1-7,15-16H/b12-6+. The molecule has 0 unspecified atom stereocenters. The lowest BCUT2D eigenvalue weighted by Crippen LogP contribution is -1.99. The molecule has 3 rings (SSSR count). The summed E-state index contributed by atoms with van der Waals surface area (Å²) in [5, 5.41) is 3.72. The molecule has 1 aromatic heterocycles. The van der Waals surface area contributed by atoms with Gasteiger partial charge in [-0.1, -0.05) is 23.7 Å². The van der Waals surface area contributed by atoms with Crippen LogP contribution in [0, 0.1) is 0 Å². The lowest BCUT2D eigenvalue weighted by Gasteiger charge is -1.96.